The second-order valence-corrected chi connectivity index (χ2v) is 10.3. The van der Waals surface area contributed by atoms with Crippen LogP contribution < -0.4 is 16.0 Å². The zero-order valence-electron chi connectivity index (χ0n) is 19.8. The predicted octanol–water partition coefficient (Wildman–Crippen LogP) is 3.86. The monoisotopic (exact) mass is 542 g/mol. The maximum atomic E-state index is 13.5. The maximum absolute atomic E-state index is 13.5. The molecule has 0 saturated carbocycles. The molecule has 0 radical (unpaired) electrons. The van der Waals surface area contributed by atoms with E-state index in [0.29, 0.717) is 75.1 Å². The molecule has 0 bridgehead atoms. The first-order valence-corrected chi connectivity index (χ1v) is 12.6. The zero-order valence-corrected chi connectivity index (χ0v) is 21.4. The number of aliphatic hydroxyl groups excluding tert-OH is 1. The molecule has 37 heavy (non-hydrogen) atoms. The summed E-state index contributed by atoms with van der Waals surface area (Å²) in [5.41, 5.74) is 7.23. The lowest BCUT2D eigenvalue weighted by molar-refractivity contribution is 0.276. The number of aliphatic hydroxyl groups is 1. The van der Waals surface area contributed by atoms with Crippen LogP contribution in [0.1, 0.15) is 25.5 Å². The van der Waals surface area contributed by atoms with Gasteiger partial charge >= 0.3 is 0 Å². The minimum Gasteiger partial charge on any atom is -0.390 e. The average molecular weight is 543 g/mol. The van der Waals surface area contributed by atoms with Gasteiger partial charge < -0.3 is 21.1 Å². The van der Waals surface area contributed by atoms with E-state index < -0.39 is 11.2 Å². The molecular formula is C23H24ClFN10OS. The molecule has 0 unspecified atom stereocenters. The highest BCUT2D eigenvalue weighted by atomic mass is 35.5. The molecule has 0 aliphatic carbocycles. The number of hydrogen-bond acceptors (Lipinski definition) is 10. The van der Waals surface area contributed by atoms with Crippen LogP contribution in [0, 0.1) is 16.6 Å². The summed E-state index contributed by atoms with van der Waals surface area (Å²) in [7, 11) is 0. The summed E-state index contributed by atoms with van der Waals surface area (Å²) in [6.07, 6.45) is 5.48. The molecule has 192 valence electrons. The number of rotatable bonds is 6. The number of hydrogen-bond donors (Lipinski definition) is 5. The number of nitrogens with two attached hydrogens (primary N) is 1. The van der Waals surface area contributed by atoms with Crippen LogP contribution in [-0.2, 0) is 6.61 Å². The second-order valence-electron chi connectivity index (χ2n) is 8.93. The number of aromatic amines is 1. The first kappa shape index (κ1) is 25.1. The van der Waals surface area contributed by atoms with Crippen molar-refractivity contribution in [1.82, 2.24) is 30.1 Å². The van der Waals surface area contributed by atoms with E-state index in [-0.39, 0.29) is 12.4 Å². The van der Waals surface area contributed by atoms with Crippen LogP contribution in [0.4, 0.5) is 21.7 Å². The second kappa shape index (κ2) is 10.1. The standard InChI is InChI=1S/C23H24ClFN10OS/c1-23(22(27)30-13-8-12(25)9-28-10-13)3-6-35(7-4-23)20-14(11-36)31-17-19(32-20)33-34-21(17)37-15-2-5-29-18(26)16(15)24/h2,5,8-10,36H,3-4,6-7,11H2,1H3,(H2,26,29)(H2,27,30)(H,32,33,34). The summed E-state index contributed by atoms with van der Waals surface area (Å²) >= 11 is 7.55. The van der Waals surface area contributed by atoms with Crippen LogP contribution in [0.25, 0.3) is 11.2 Å². The number of nitrogens with one attached hydrogen (secondary N) is 3. The van der Waals surface area contributed by atoms with Crippen molar-refractivity contribution >= 4 is 57.7 Å². The molecular weight excluding hydrogens is 519 g/mol. The summed E-state index contributed by atoms with van der Waals surface area (Å²) in [5, 5.41) is 29.8. The number of nitrogens with zero attached hydrogens (tertiary/aromatic N) is 6. The summed E-state index contributed by atoms with van der Waals surface area (Å²) < 4.78 is 13.5. The number of anilines is 3. The van der Waals surface area contributed by atoms with E-state index in [2.05, 4.69) is 30.5 Å². The third-order valence-electron chi connectivity index (χ3n) is 6.39. The molecule has 0 atom stereocenters. The number of halogens is 2. The molecule has 14 heteroatoms. The van der Waals surface area contributed by atoms with Gasteiger partial charge in [-0.15, -0.1) is 0 Å². The van der Waals surface area contributed by atoms with Crippen LogP contribution in [0.3, 0.4) is 0 Å². The number of pyridine rings is 2. The van der Waals surface area contributed by atoms with Gasteiger partial charge in [0.05, 0.1) is 29.7 Å². The Labute approximate surface area is 220 Å². The first-order valence-electron chi connectivity index (χ1n) is 11.4. The Morgan fingerprint density at radius 3 is 2.86 bits per heavy atom. The molecule has 0 amide bonds. The number of fused-ring (bicyclic) bond motifs is 1. The van der Waals surface area contributed by atoms with Gasteiger partial charge in [-0.2, -0.15) is 5.10 Å². The quantitative estimate of drug-likeness (QED) is 0.178. The molecule has 4 aromatic rings. The van der Waals surface area contributed by atoms with Crippen molar-refractivity contribution in [3.8, 4) is 0 Å². The predicted molar refractivity (Wildman–Crippen MR) is 140 cm³/mol. The number of H-pyrrole nitrogens is 1. The third kappa shape index (κ3) is 5.02. The van der Waals surface area contributed by atoms with Crippen molar-refractivity contribution in [3.05, 3.63) is 47.3 Å². The molecule has 0 spiro atoms. The minimum absolute atomic E-state index is 0.226. The smallest absolute Gasteiger partial charge is 0.177 e. The molecule has 1 aliphatic rings. The number of nitrogen functional groups attached to an aromatic ring is 1. The Hall–Kier alpha value is -3.55. The molecule has 11 nitrogen and oxygen atoms in total. The Balaban J connectivity index is 1.34. The first-order chi connectivity index (χ1) is 17.8. The Kier molecular flexibility index (Phi) is 6.84. The van der Waals surface area contributed by atoms with E-state index in [9.17, 15) is 9.50 Å². The van der Waals surface area contributed by atoms with Crippen molar-refractivity contribution in [3.63, 3.8) is 0 Å². The topological polar surface area (TPSA) is 166 Å². The van der Waals surface area contributed by atoms with Gasteiger partial charge in [-0.05, 0) is 18.9 Å². The Bertz CT molecular complexity index is 1470. The Morgan fingerprint density at radius 1 is 1.35 bits per heavy atom. The summed E-state index contributed by atoms with van der Waals surface area (Å²) in [6, 6.07) is 3.05. The Morgan fingerprint density at radius 2 is 2.14 bits per heavy atom. The molecule has 0 aromatic carbocycles. The largest absolute Gasteiger partial charge is 0.390 e. The van der Waals surface area contributed by atoms with Gasteiger partial charge in [0.1, 0.15) is 28.7 Å². The zero-order chi connectivity index (χ0) is 26.2. The highest BCUT2D eigenvalue weighted by Gasteiger charge is 2.36. The van der Waals surface area contributed by atoms with Gasteiger partial charge in [0, 0.05) is 35.7 Å². The van der Waals surface area contributed by atoms with Crippen LogP contribution in [0.2, 0.25) is 5.02 Å². The molecule has 1 fully saturated rings. The normalized spacial score (nSPS) is 15.2. The van der Waals surface area contributed by atoms with Gasteiger partial charge in [0.25, 0.3) is 0 Å². The average Bonchev–Trinajstić information content (AvgIpc) is 3.28. The van der Waals surface area contributed by atoms with Crippen molar-refractivity contribution in [1.29, 1.82) is 5.41 Å². The fourth-order valence-electron chi connectivity index (χ4n) is 4.14. The highest BCUT2D eigenvalue weighted by molar-refractivity contribution is 7.99. The molecule has 4 aromatic heterocycles. The van der Waals surface area contributed by atoms with E-state index in [1.807, 2.05) is 11.8 Å². The lowest BCUT2D eigenvalue weighted by Crippen LogP contribution is -2.45. The lowest BCUT2D eigenvalue weighted by atomic mass is 9.79. The van der Waals surface area contributed by atoms with Crippen LogP contribution in [0.15, 0.2) is 40.6 Å². The van der Waals surface area contributed by atoms with Crippen LogP contribution in [-0.4, -0.2) is 54.2 Å². The minimum atomic E-state index is -0.461. The van der Waals surface area contributed by atoms with Gasteiger partial charge in [-0.25, -0.2) is 19.3 Å². The van der Waals surface area contributed by atoms with Crippen molar-refractivity contribution in [2.24, 2.45) is 5.41 Å². The van der Waals surface area contributed by atoms with Crippen LogP contribution >= 0.6 is 23.4 Å². The number of amidine groups is 1. The van der Waals surface area contributed by atoms with Crippen molar-refractivity contribution in [2.75, 3.05) is 29.0 Å². The molecule has 1 aliphatic heterocycles. The molecule has 6 N–H and O–H groups in total. The van der Waals surface area contributed by atoms with E-state index >= 15 is 0 Å². The highest BCUT2D eigenvalue weighted by Crippen LogP contribution is 2.38. The number of piperidine rings is 1. The summed E-state index contributed by atoms with van der Waals surface area (Å²) in [5.74, 6) is 0.631. The summed E-state index contributed by atoms with van der Waals surface area (Å²) in [6.45, 7) is 2.89. The third-order valence-corrected chi connectivity index (χ3v) is 7.94. The maximum Gasteiger partial charge on any atom is 0.177 e. The van der Waals surface area contributed by atoms with Gasteiger partial charge in [-0.1, -0.05) is 30.3 Å². The number of aromatic nitrogens is 6. The summed E-state index contributed by atoms with van der Waals surface area (Å²) in [4.78, 5) is 19.9. The fraction of sp³-hybridized carbons (Fsp3) is 0.304. The van der Waals surface area contributed by atoms with Crippen molar-refractivity contribution in [2.45, 2.75) is 36.3 Å². The van der Waals surface area contributed by atoms with E-state index in [1.54, 1.807) is 12.3 Å². The van der Waals surface area contributed by atoms with Crippen LogP contribution in [0.5, 0.6) is 0 Å². The lowest BCUT2D eigenvalue weighted by Gasteiger charge is -2.40. The van der Waals surface area contributed by atoms with E-state index in [0.717, 1.165) is 6.20 Å². The van der Waals surface area contributed by atoms with Gasteiger partial charge in [0.15, 0.2) is 16.5 Å². The molecule has 5 rings (SSSR count). The molecule has 5 heterocycles. The van der Waals surface area contributed by atoms with Gasteiger partial charge in [0.2, 0.25) is 0 Å². The van der Waals surface area contributed by atoms with E-state index in [4.69, 9.17) is 27.7 Å². The molecule has 1 saturated heterocycles. The fourth-order valence-corrected chi connectivity index (χ4v) is 5.23. The van der Waals surface area contributed by atoms with Gasteiger partial charge in [-0.3, -0.25) is 15.5 Å². The SMILES string of the molecule is CC1(C(=N)Nc2cncc(F)c2)CCN(c2nc3[nH]nc(Sc4ccnc(N)c4Cl)c3nc2CO)CC1. The van der Waals surface area contributed by atoms with E-state index in [1.165, 1.54) is 24.0 Å². The van der Waals surface area contributed by atoms with Crippen molar-refractivity contribution < 1.29 is 9.50 Å².